The van der Waals surface area contributed by atoms with Gasteiger partial charge in [-0.15, -0.1) is 0 Å². The largest absolute Gasteiger partial charge is 0.274 e. The highest BCUT2D eigenvalue weighted by molar-refractivity contribution is 8.76. The number of hydrogen-bond donors (Lipinski definition) is 2. The first-order valence-corrected chi connectivity index (χ1v) is 6.91. The molecule has 0 aromatic carbocycles. The zero-order valence-corrected chi connectivity index (χ0v) is 9.59. The van der Waals surface area contributed by atoms with Crippen molar-refractivity contribution in [3.63, 3.8) is 0 Å². The fraction of sp³-hybridized carbons (Fsp3) is 1.00. The molecule has 74 valence electrons. The monoisotopic (exact) mass is 208 g/mol. The Hall–Kier alpha value is 0.620. The minimum atomic E-state index is 0.976. The molecular weight excluding hydrogens is 188 g/mol. The van der Waals surface area contributed by atoms with E-state index in [1.54, 1.807) is 0 Å². The van der Waals surface area contributed by atoms with Crippen LogP contribution < -0.4 is 11.7 Å². The molecule has 12 heavy (non-hydrogen) atoms. The average molecular weight is 208 g/mol. The van der Waals surface area contributed by atoms with E-state index in [2.05, 4.69) is 25.5 Å². The number of hydrazine groups is 1. The van der Waals surface area contributed by atoms with Crippen LogP contribution in [0.3, 0.4) is 0 Å². The van der Waals surface area contributed by atoms with Crippen LogP contribution in [0.2, 0.25) is 0 Å². The lowest BCUT2D eigenvalue weighted by Crippen LogP contribution is -2.02. The summed E-state index contributed by atoms with van der Waals surface area (Å²) in [7, 11) is 4.04. The summed E-state index contributed by atoms with van der Waals surface area (Å²) in [5.74, 6) is 12.7. The van der Waals surface area contributed by atoms with Crippen LogP contribution in [0.5, 0.6) is 0 Å². The summed E-state index contributed by atoms with van der Waals surface area (Å²) in [5, 5.41) is 0. The molecule has 0 amide bonds. The van der Waals surface area contributed by atoms with Crippen LogP contribution in [0.4, 0.5) is 0 Å². The Morgan fingerprint density at radius 2 is 1.92 bits per heavy atom. The van der Waals surface area contributed by atoms with Crippen molar-refractivity contribution >= 4 is 21.6 Å². The van der Waals surface area contributed by atoms with Gasteiger partial charge in [0.25, 0.3) is 0 Å². The SMILES string of the molecule is CCSSCC(C)C1CC1.NN. The summed E-state index contributed by atoms with van der Waals surface area (Å²) in [6, 6.07) is 0. The van der Waals surface area contributed by atoms with Gasteiger partial charge in [0.2, 0.25) is 0 Å². The molecule has 0 aromatic rings. The molecule has 0 aliphatic heterocycles. The molecular formula is C8H20N2S2. The van der Waals surface area contributed by atoms with Gasteiger partial charge >= 0.3 is 0 Å². The number of hydrogen-bond acceptors (Lipinski definition) is 4. The van der Waals surface area contributed by atoms with Gasteiger partial charge in [0.1, 0.15) is 0 Å². The van der Waals surface area contributed by atoms with E-state index in [0.717, 1.165) is 11.8 Å². The Balaban J connectivity index is 0.000000561. The maximum atomic E-state index is 4.00. The molecule has 0 spiro atoms. The molecule has 0 radical (unpaired) electrons. The fourth-order valence-electron chi connectivity index (χ4n) is 1.04. The quantitative estimate of drug-likeness (QED) is 0.315. The second kappa shape index (κ2) is 8.23. The molecule has 1 fully saturated rings. The lowest BCUT2D eigenvalue weighted by Gasteiger charge is -2.06. The molecule has 0 bridgehead atoms. The van der Waals surface area contributed by atoms with Crippen LogP contribution in [0.25, 0.3) is 0 Å². The predicted molar refractivity (Wildman–Crippen MR) is 60.9 cm³/mol. The molecule has 1 aliphatic carbocycles. The Kier molecular flexibility index (Phi) is 8.65. The van der Waals surface area contributed by atoms with Crippen LogP contribution in [0.15, 0.2) is 0 Å². The third kappa shape index (κ3) is 6.17. The molecule has 0 saturated heterocycles. The van der Waals surface area contributed by atoms with E-state index in [9.17, 15) is 0 Å². The topological polar surface area (TPSA) is 52.0 Å². The maximum Gasteiger partial charge on any atom is 0.00653 e. The van der Waals surface area contributed by atoms with Crippen molar-refractivity contribution in [1.82, 2.24) is 0 Å². The molecule has 4 N–H and O–H groups in total. The van der Waals surface area contributed by atoms with Crippen molar-refractivity contribution in [2.45, 2.75) is 26.7 Å². The van der Waals surface area contributed by atoms with Gasteiger partial charge in [-0.05, 0) is 24.7 Å². The molecule has 0 aromatic heterocycles. The maximum absolute atomic E-state index is 4.00. The first-order chi connectivity index (χ1) is 5.84. The predicted octanol–water partition coefficient (Wildman–Crippen LogP) is 2.25. The summed E-state index contributed by atoms with van der Waals surface area (Å²) in [5.41, 5.74) is 0. The standard InChI is InChI=1S/C8H16S2.H4N2/c1-3-9-10-6-7(2)8-4-5-8;1-2/h7-8H,3-6H2,1-2H3;1-2H2. The highest BCUT2D eigenvalue weighted by Gasteiger charge is 2.27. The zero-order chi connectivity index (χ0) is 9.40. The molecule has 1 rings (SSSR count). The first-order valence-electron chi connectivity index (χ1n) is 4.42. The molecule has 4 heteroatoms. The Morgan fingerprint density at radius 3 is 2.33 bits per heavy atom. The fourth-order valence-corrected chi connectivity index (χ4v) is 3.22. The summed E-state index contributed by atoms with van der Waals surface area (Å²) >= 11 is 0. The van der Waals surface area contributed by atoms with Gasteiger partial charge in [0, 0.05) is 11.5 Å². The van der Waals surface area contributed by atoms with Gasteiger partial charge in [-0.1, -0.05) is 35.4 Å². The minimum Gasteiger partial charge on any atom is -0.274 e. The van der Waals surface area contributed by atoms with Crippen molar-refractivity contribution < 1.29 is 0 Å². The van der Waals surface area contributed by atoms with Crippen molar-refractivity contribution in [2.75, 3.05) is 11.5 Å². The van der Waals surface area contributed by atoms with E-state index in [-0.39, 0.29) is 0 Å². The minimum absolute atomic E-state index is 0.976. The first kappa shape index (κ1) is 12.6. The van der Waals surface area contributed by atoms with Crippen LogP contribution in [-0.4, -0.2) is 11.5 Å². The Morgan fingerprint density at radius 1 is 1.33 bits per heavy atom. The second-order valence-electron chi connectivity index (χ2n) is 3.01. The summed E-state index contributed by atoms with van der Waals surface area (Å²) < 4.78 is 0. The Bertz CT molecular complexity index is 97.1. The van der Waals surface area contributed by atoms with E-state index < -0.39 is 0 Å². The van der Waals surface area contributed by atoms with E-state index in [4.69, 9.17) is 0 Å². The van der Waals surface area contributed by atoms with Gasteiger partial charge in [-0.25, -0.2) is 0 Å². The van der Waals surface area contributed by atoms with Gasteiger partial charge in [0.15, 0.2) is 0 Å². The van der Waals surface area contributed by atoms with E-state index in [1.165, 1.54) is 24.3 Å². The van der Waals surface area contributed by atoms with E-state index >= 15 is 0 Å². The van der Waals surface area contributed by atoms with Crippen molar-refractivity contribution in [1.29, 1.82) is 0 Å². The van der Waals surface area contributed by atoms with Gasteiger partial charge < -0.3 is 0 Å². The van der Waals surface area contributed by atoms with Crippen LogP contribution in [-0.2, 0) is 0 Å². The van der Waals surface area contributed by atoms with Crippen LogP contribution in [0, 0.1) is 11.8 Å². The van der Waals surface area contributed by atoms with Crippen molar-refractivity contribution in [3.05, 3.63) is 0 Å². The van der Waals surface area contributed by atoms with Gasteiger partial charge in [0.05, 0.1) is 0 Å². The van der Waals surface area contributed by atoms with Crippen molar-refractivity contribution in [3.8, 4) is 0 Å². The summed E-state index contributed by atoms with van der Waals surface area (Å²) in [6.07, 6.45) is 3.00. The van der Waals surface area contributed by atoms with E-state index in [1.807, 2.05) is 21.6 Å². The average Bonchev–Trinajstić information content (AvgIpc) is 2.91. The highest BCUT2D eigenvalue weighted by Crippen LogP contribution is 2.39. The number of rotatable bonds is 5. The Labute approximate surface area is 83.6 Å². The van der Waals surface area contributed by atoms with Crippen LogP contribution in [0.1, 0.15) is 26.7 Å². The second-order valence-corrected chi connectivity index (χ2v) is 5.80. The van der Waals surface area contributed by atoms with E-state index in [0.29, 0.717) is 0 Å². The molecule has 1 saturated carbocycles. The zero-order valence-electron chi connectivity index (χ0n) is 7.95. The van der Waals surface area contributed by atoms with Gasteiger partial charge in [-0.2, -0.15) is 0 Å². The lowest BCUT2D eigenvalue weighted by molar-refractivity contribution is 0.574. The van der Waals surface area contributed by atoms with Crippen molar-refractivity contribution in [2.24, 2.45) is 23.5 Å². The summed E-state index contributed by atoms with van der Waals surface area (Å²) in [4.78, 5) is 0. The molecule has 0 heterocycles. The molecule has 1 atom stereocenters. The smallest absolute Gasteiger partial charge is 0.00653 e. The molecule has 1 aliphatic rings. The third-order valence-electron chi connectivity index (χ3n) is 1.96. The third-order valence-corrected chi connectivity index (χ3v) is 4.64. The van der Waals surface area contributed by atoms with Gasteiger partial charge in [-0.3, -0.25) is 11.7 Å². The summed E-state index contributed by atoms with van der Waals surface area (Å²) in [6.45, 7) is 4.61. The normalized spacial score (nSPS) is 18.0. The molecule has 1 unspecified atom stereocenters. The molecule has 2 nitrogen and oxygen atoms in total. The lowest BCUT2D eigenvalue weighted by atomic mass is 10.1. The number of nitrogens with two attached hydrogens (primary N) is 2. The van der Waals surface area contributed by atoms with Crippen LogP contribution >= 0.6 is 21.6 Å². The highest BCUT2D eigenvalue weighted by atomic mass is 33.1.